The number of carboxylic acid groups (broad SMARTS) is 1. The van der Waals surface area contributed by atoms with Gasteiger partial charge in [0.25, 0.3) is 0 Å². The van der Waals surface area contributed by atoms with Gasteiger partial charge in [0.15, 0.2) is 0 Å². The normalized spacial score (nSPS) is 9.75. The van der Waals surface area contributed by atoms with Crippen molar-refractivity contribution in [2.24, 2.45) is 0 Å². The highest BCUT2D eigenvalue weighted by Gasteiger charge is 2.09. The third-order valence-electron chi connectivity index (χ3n) is 1.64. The Balaban J connectivity index is 3.37. The Bertz CT molecular complexity index is 334. The van der Waals surface area contributed by atoms with E-state index in [4.69, 9.17) is 16.6 Å². The van der Waals surface area contributed by atoms with Crippen LogP contribution < -0.4 is 11.5 Å². The topological polar surface area (TPSA) is 89.3 Å². The first-order chi connectivity index (χ1) is 5.52. The number of carbonyl (C=O) groups is 1. The number of nitrogens with two attached hydrogens (primary N) is 2. The second-order valence-corrected chi connectivity index (χ2v) is 2.60. The summed E-state index contributed by atoms with van der Waals surface area (Å²) in [7, 11) is 0. The van der Waals surface area contributed by atoms with Crippen LogP contribution in [0.3, 0.4) is 0 Å². The molecule has 0 aromatic heterocycles. The molecule has 0 heterocycles. The Morgan fingerprint density at radius 3 is 2.50 bits per heavy atom. The lowest BCUT2D eigenvalue weighted by atomic mass is 10.1. The Kier molecular flexibility index (Phi) is 1.91. The maximum absolute atomic E-state index is 10.6. The van der Waals surface area contributed by atoms with Crippen molar-refractivity contribution in [1.82, 2.24) is 0 Å². The van der Waals surface area contributed by atoms with Gasteiger partial charge in [0.05, 0.1) is 5.56 Å². The molecule has 0 aliphatic carbocycles. The SMILES string of the molecule is Cc1cc(N)cc(C(=O)O)c1N. The summed E-state index contributed by atoms with van der Waals surface area (Å²) in [6, 6.07) is 2.99. The number of aryl methyl sites for hydroxylation is 1. The highest BCUT2D eigenvalue weighted by molar-refractivity contribution is 5.95. The predicted octanol–water partition coefficient (Wildman–Crippen LogP) is 0.858. The quantitative estimate of drug-likeness (QED) is 0.540. The van der Waals surface area contributed by atoms with Crippen molar-refractivity contribution in [3.8, 4) is 0 Å². The zero-order valence-corrected chi connectivity index (χ0v) is 6.66. The molecule has 5 N–H and O–H groups in total. The summed E-state index contributed by atoms with van der Waals surface area (Å²) < 4.78 is 0. The van der Waals surface area contributed by atoms with Crippen molar-refractivity contribution < 1.29 is 9.90 Å². The summed E-state index contributed by atoms with van der Waals surface area (Å²) >= 11 is 0. The molecule has 0 unspecified atom stereocenters. The van der Waals surface area contributed by atoms with E-state index in [1.54, 1.807) is 13.0 Å². The smallest absolute Gasteiger partial charge is 0.337 e. The number of rotatable bonds is 1. The molecule has 1 aromatic carbocycles. The fourth-order valence-electron chi connectivity index (χ4n) is 1.00. The van der Waals surface area contributed by atoms with Crippen molar-refractivity contribution in [2.75, 3.05) is 11.5 Å². The van der Waals surface area contributed by atoms with Gasteiger partial charge in [-0.3, -0.25) is 0 Å². The van der Waals surface area contributed by atoms with E-state index < -0.39 is 5.97 Å². The minimum Gasteiger partial charge on any atom is -0.478 e. The lowest BCUT2D eigenvalue weighted by Crippen LogP contribution is -2.05. The first kappa shape index (κ1) is 8.39. The van der Waals surface area contributed by atoms with E-state index in [0.717, 1.165) is 0 Å². The van der Waals surface area contributed by atoms with Crippen LogP contribution in [-0.2, 0) is 0 Å². The predicted molar refractivity (Wildman–Crippen MR) is 47.0 cm³/mol. The first-order valence-electron chi connectivity index (χ1n) is 3.41. The van der Waals surface area contributed by atoms with Gasteiger partial charge in [-0.05, 0) is 24.6 Å². The molecule has 0 radical (unpaired) electrons. The van der Waals surface area contributed by atoms with Crippen LogP contribution in [0.2, 0.25) is 0 Å². The molecular weight excluding hydrogens is 156 g/mol. The van der Waals surface area contributed by atoms with E-state index in [1.807, 2.05) is 0 Å². The molecule has 1 aromatic rings. The molecule has 0 atom stereocenters. The molecule has 0 amide bonds. The van der Waals surface area contributed by atoms with Crippen LogP contribution in [0.25, 0.3) is 0 Å². The van der Waals surface area contributed by atoms with Gasteiger partial charge in [0.2, 0.25) is 0 Å². The summed E-state index contributed by atoms with van der Waals surface area (Å²) in [5.41, 5.74) is 12.4. The van der Waals surface area contributed by atoms with Gasteiger partial charge >= 0.3 is 5.97 Å². The average Bonchev–Trinajstić information content (AvgIpc) is 1.96. The molecule has 0 aliphatic heterocycles. The lowest BCUT2D eigenvalue weighted by molar-refractivity contribution is 0.0698. The highest BCUT2D eigenvalue weighted by Crippen LogP contribution is 2.20. The Morgan fingerprint density at radius 1 is 1.42 bits per heavy atom. The second kappa shape index (κ2) is 2.73. The van der Waals surface area contributed by atoms with Crippen molar-refractivity contribution in [3.63, 3.8) is 0 Å². The molecular formula is C8H10N2O2. The molecule has 4 nitrogen and oxygen atoms in total. The van der Waals surface area contributed by atoms with Gasteiger partial charge in [0, 0.05) is 11.4 Å². The van der Waals surface area contributed by atoms with Gasteiger partial charge in [-0.25, -0.2) is 4.79 Å². The standard InChI is InChI=1S/C8H10N2O2/c1-4-2-5(9)3-6(7(4)10)8(11)12/h2-3H,9-10H2,1H3,(H,11,12). The molecule has 0 bridgehead atoms. The third-order valence-corrected chi connectivity index (χ3v) is 1.64. The second-order valence-electron chi connectivity index (χ2n) is 2.60. The summed E-state index contributed by atoms with van der Waals surface area (Å²) in [5, 5.41) is 8.68. The van der Waals surface area contributed by atoms with Gasteiger partial charge in [0.1, 0.15) is 0 Å². The molecule has 1 rings (SSSR count). The zero-order chi connectivity index (χ0) is 9.30. The fourth-order valence-corrected chi connectivity index (χ4v) is 1.00. The molecule has 0 saturated carbocycles. The molecule has 0 spiro atoms. The van der Waals surface area contributed by atoms with E-state index >= 15 is 0 Å². The number of benzene rings is 1. The lowest BCUT2D eigenvalue weighted by Gasteiger charge is -2.05. The average molecular weight is 166 g/mol. The van der Waals surface area contributed by atoms with Crippen LogP contribution >= 0.6 is 0 Å². The fraction of sp³-hybridized carbons (Fsp3) is 0.125. The maximum atomic E-state index is 10.6. The van der Waals surface area contributed by atoms with Crippen molar-refractivity contribution in [2.45, 2.75) is 6.92 Å². The molecule has 0 aliphatic rings. The van der Waals surface area contributed by atoms with Crippen molar-refractivity contribution in [3.05, 3.63) is 23.3 Å². The minimum absolute atomic E-state index is 0.0625. The van der Waals surface area contributed by atoms with Crippen molar-refractivity contribution >= 4 is 17.3 Å². The number of hydrogen-bond acceptors (Lipinski definition) is 3. The number of nitrogen functional groups attached to an aromatic ring is 2. The largest absolute Gasteiger partial charge is 0.478 e. The number of anilines is 2. The van der Waals surface area contributed by atoms with Gasteiger partial charge in [-0.15, -0.1) is 0 Å². The maximum Gasteiger partial charge on any atom is 0.337 e. The third kappa shape index (κ3) is 1.32. The number of carboxylic acids is 1. The Hall–Kier alpha value is -1.71. The molecule has 0 fully saturated rings. The van der Waals surface area contributed by atoms with Crippen LogP contribution in [0.4, 0.5) is 11.4 Å². The van der Waals surface area contributed by atoms with Crippen LogP contribution in [-0.4, -0.2) is 11.1 Å². The van der Waals surface area contributed by atoms with Gasteiger partial charge < -0.3 is 16.6 Å². The van der Waals surface area contributed by atoms with Gasteiger partial charge in [-0.2, -0.15) is 0 Å². The summed E-state index contributed by atoms with van der Waals surface area (Å²) in [6.07, 6.45) is 0. The van der Waals surface area contributed by atoms with Crippen LogP contribution in [0.5, 0.6) is 0 Å². The summed E-state index contributed by atoms with van der Waals surface area (Å²) in [4.78, 5) is 10.6. The van der Waals surface area contributed by atoms with Crippen molar-refractivity contribution in [1.29, 1.82) is 0 Å². The summed E-state index contributed by atoms with van der Waals surface area (Å²) in [5.74, 6) is -1.05. The monoisotopic (exact) mass is 166 g/mol. The Labute approximate surface area is 69.8 Å². The zero-order valence-electron chi connectivity index (χ0n) is 6.66. The molecule has 64 valence electrons. The first-order valence-corrected chi connectivity index (χ1v) is 3.41. The van der Waals surface area contributed by atoms with Crippen LogP contribution in [0, 0.1) is 6.92 Å². The minimum atomic E-state index is -1.05. The van der Waals surface area contributed by atoms with Gasteiger partial charge in [-0.1, -0.05) is 0 Å². The van der Waals surface area contributed by atoms with E-state index in [1.165, 1.54) is 6.07 Å². The molecule has 12 heavy (non-hydrogen) atoms. The van der Waals surface area contributed by atoms with Crippen LogP contribution in [0.15, 0.2) is 12.1 Å². The highest BCUT2D eigenvalue weighted by atomic mass is 16.4. The van der Waals surface area contributed by atoms with Crippen LogP contribution in [0.1, 0.15) is 15.9 Å². The van der Waals surface area contributed by atoms with E-state index in [-0.39, 0.29) is 11.3 Å². The van der Waals surface area contributed by atoms with E-state index in [0.29, 0.717) is 11.3 Å². The Morgan fingerprint density at radius 2 is 2.00 bits per heavy atom. The number of aromatic carboxylic acids is 1. The summed E-state index contributed by atoms with van der Waals surface area (Å²) in [6.45, 7) is 1.72. The van der Waals surface area contributed by atoms with E-state index in [9.17, 15) is 4.79 Å². The molecule has 4 heteroatoms. The molecule has 0 saturated heterocycles. The number of hydrogen-bond donors (Lipinski definition) is 3. The van der Waals surface area contributed by atoms with E-state index in [2.05, 4.69) is 0 Å².